The molecule has 0 saturated carbocycles. The van der Waals surface area contributed by atoms with E-state index in [1.54, 1.807) is 39.0 Å². The van der Waals surface area contributed by atoms with Gasteiger partial charge in [0.25, 0.3) is 5.91 Å². The molecule has 0 bridgehead atoms. The molecule has 1 unspecified atom stereocenters. The Bertz CT molecular complexity index is 924. The molecule has 2 aromatic carbocycles. The smallest absolute Gasteiger partial charge is 0.271 e. The van der Waals surface area contributed by atoms with Gasteiger partial charge in [-0.05, 0) is 70.0 Å². The number of amides is 2. The molecule has 0 aliphatic carbocycles. The van der Waals surface area contributed by atoms with E-state index < -0.39 is 11.6 Å². The van der Waals surface area contributed by atoms with Gasteiger partial charge < -0.3 is 10.1 Å². The lowest BCUT2D eigenvalue weighted by atomic mass is 10.0. The van der Waals surface area contributed by atoms with Gasteiger partial charge in [0.15, 0.2) is 5.60 Å². The van der Waals surface area contributed by atoms with Gasteiger partial charge in [-0.3, -0.25) is 14.5 Å². The third-order valence-electron chi connectivity index (χ3n) is 4.70. The van der Waals surface area contributed by atoms with Crippen molar-refractivity contribution in [2.24, 2.45) is 0 Å². The molecule has 27 heavy (non-hydrogen) atoms. The van der Waals surface area contributed by atoms with Crippen molar-refractivity contribution in [3.63, 3.8) is 0 Å². The molecule has 0 fully saturated rings. The van der Waals surface area contributed by atoms with Crippen molar-refractivity contribution < 1.29 is 14.3 Å². The Morgan fingerprint density at radius 2 is 1.89 bits per heavy atom. The molecule has 142 valence electrons. The largest absolute Gasteiger partial charge is 0.476 e. The van der Waals surface area contributed by atoms with Crippen molar-refractivity contribution in [2.45, 2.75) is 46.3 Å². The molecule has 5 nitrogen and oxygen atoms in total. The van der Waals surface area contributed by atoms with Gasteiger partial charge in [-0.25, -0.2) is 0 Å². The van der Waals surface area contributed by atoms with Crippen molar-refractivity contribution in [1.82, 2.24) is 0 Å². The molecule has 0 spiro atoms. The van der Waals surface area contributed by atoms with Crippen molar-refractivity contribution in [2.75, 3.05) is 10.2 Å². The summed E-state index contributed by atoms with van der Waals surface area (Å²) in [7, 11) is 0. The molecular formula is C21H23ClN2O3. The summed E-state index contributed by atoms with van der Waals surface area (Å²) in [5.41, 5.74) is 2.16. The first kappa shape index (κ1) is 19.2. The minimum Gasteiger partial charge on any atom is -0.476 e. The summed E-state index contributed by atoms with van der Waals surface area (Å²) in [6.45, 7) is 8.97. The average molecular weight is 387 g/mol. The maximum atomic E-state index is 13.0. The second kappa shape index (κ2) is 6.89. The van der Waals surface area contributed by atoms with Crippen LogP contribution < -0.4 is 15.0 Å². The van der Waals surface area contributed by atoms with E-state index in [1.165, 1.54) is 4.90 Å². The topological polar surface area (TPSA) is 58.6 Å². The Morgan fingerprint density at radius 3 is 2.59 bits per heavy atom. The Labute approximate surface area is 164 Å². The normalized spacial score (nSPS) is 16.4. The minimum atomic E-state index is -1.07. The van der Waals surface area contributed by atoms with Crippen LogP contribution in [-0.2, 0) is 9.59 Å². The molecule has 0 radical (unpaired) electrons. The number of hydrogen-bond acceptors (Lipinski definition) is 3. The fourth-order valence-electron chi connectivity index (χ4n) is 3.09. The molecule has 0 aromatic heterocycles. The van der Waals surface area contributed by atoms with Crippen LogP contribution in [0.5, 0.6) is 5.75 Å². The molecular weight excluding hydrogens is 364 g/mol. The number of hydrogen-bond donors (Lipinski definition) is 1. The van der Waals surface area contributed by atoms with Crippen LogP contribution in [0, 0.1) is 13.8 Å². The van der Waals surface area contributed by atoms with Gasteiger partial charge in [0.05, 0.1) is 5.69 Å². The van der Waals surface area contributed by atoms with Crippen LogP contribution in [0.15, 0.2) is 36.4 Å². The first-order valence-corrected chi connectivity index (χ1v) is 9.18. The van der Waals surface area contributed by atoms with Crippen molar-refractivity contribution in [3.8, 4) is 5.75 Å². The quantitative estimate of drug-likeness (QED) is 0.845. The maximum Gasteiger partial charge on any atom is 0.271 e. The van der Waals surface area contributed by atoms with Crippen LogP contribution in [0.1, 0.15) is 31.9 Å². The van der Waals surface area contributed by atoms with Gasteiger partial charge in [0.2, 0.25) is 5.91 Å². The van der Waals surface area contributed by atoms with Gasteiger partial charge in [-0.1, -0.05) is 23.7 Å². The lowest BCUT2D eigenvalue weighted by Crippen LogP contribution is -2.57. The third-order valence-corrected chi connectivity index (χ3v) is 4.93. The van der Waals surface area contributed by atoms with Gasteiger partial charge in [-0.15, -0.1) is 0 Å². The first-order chi connectivity index (χ1) is 12.6. The highest BCUT2D eigenvalue weighted by molar-refractivity contribution is 6.31. The highest BCUT2D eigenvalue weighted by Crippen LogP contribution is 2.40. The molecule has 0 saturated heterocycles. The van der Waals surface area contributed by atoms with Crippen LogP contribution in [0.2, 0.25) is 5.02 Å². The number of fused-ring (bicyclic) bond motifs is 1. The fraction of sp³-hybridized carbons (Fsp3) is 0.333. The van der Waals surface area contributed by atoms with Gasteiger partial charge in [0.1, 0.15) is 11.8 Å². The number of aryl methyl sites for hydroxylation is 2. The molecule has 2 amide bonds. The van der Waals surface area contributed by atoms with E-state index in [9.17, 15) is 9.59 Å². The summed E-state index contributed by atoms with van der Waals surface area (Å²) in [6, 6.07) is 10.2. The SMILES string of the molecule is Cc1ccc(C)c(NC(=O)C(C)N2C(=O)C(C)(C)Oc3ccc(Cl)cc32)c1. The number of carbonyl (C=O) groups excluding carboxylic acids is 2. The van der Waals surface area contributed by atoms with Crippen LogP contribution in [0.25, 0.3) is 0 Å². The summed E-state index contributed by atoms with van der Waals surface area (Å²) in [4.78, 5) is 27.4. The summed E-state index contributed by atoms with van der Waals surface area (Å²) in [6.07, 6.45) is 0. The molecule has 6 heteroatoms. The van der Waals surface area contributed by atoms with Gasteiger partial charge in [-0.2, -0.15) is 0 Å². The van der Waals surface area contributed by atoms with Crippen LogP contribution in [0.3, 0.4) is 0 Å². The Kier molecular flexibility index (Phi) is 4.91. The highest BCUT2D eigenvalue weighted by Gasteiger charge is 2.44. The predicted octanol–water partition coefficient (Wildman–Crippen LogP) is 4.49. The molecule has 1 atom stereocenters. The number of halogens is 1. The fourth-order valence-corrected chi connectivity index (χ4v) is 3.26. The summed E-state index contributed by atoms with van der Waals surface area (Å²) < 4.78 is 5.82. The maximum absolute atomic E-state index is 13.0. The first-order valence-electron chi connectivity index (χ1n) is 8.80. The molecule has 1 heterocycles. The molecule has 3 rings (SSSR count). The van der Waals surface area contributed by atoms with E-state index in [2.05, 4.69) is 5.32 Å². The Hall–Kier alpha value is -2.53. The zero-order chi connectivity index (χ0) is 19.9. The summed E-state index contributed by atoms with van der Waals surface area (Å²) in [5.74, 6) is -0.0445. The standard InChI is InChI=1S/C21H23ClN2O3/c1-12-6-7-13(2)16(10-12)23-19(25)14(3)24-17-11-15(22)8-9-18(17)27-21(4,5)20(24)26/h6-11,14H,1-5H3,(H,23,25). The number of rotatable bonds is 3. The van der Waals surface area contributed by atoms with E-state index in [4.69, 9.17) is 16.3 Å². The average Bonchev–Trinajstić information content (AvgIpc) is 2.59. The van der Waals surface area contributed by atoms with Crippen molar-refractivity contribution in [3.05, 3.63) is 52.5 Å². The van der Waals surface area contributed by atoms with Gasteiger partial charge in [0, 0.05) is 10.7 Å². The number of ether oxygens (including phenoxy) is 1. The summed E-state index contributed by atoms with van der Waals surface area (Å²) in [5, 5.41) is 3.40. The van der Waals surface area contributed by atoms with E-state index in [0.29, 0.717) is 16.5 Å². The van der Waals surface area contributed by atoms with E-state index in [-0.39, 0.29) is 11.8 Å². The predicted molar refractivity (Wildman–Crippen MR) is 108 cm³/mol. The van der Waals surface area contributed by atoms with Crippen LogP contribution in [-0.4, -0.2) is 23.5 Å². The zero-order valence-corrected chi connectivity index (χ0v) is 16.8. The Morgan fingerprint density at radius 1 is 1.19 bits per heavy atom. The monoisotopic (exact) mass is 386 g/mol. The lowest BCUT2D eigenvalue weighted by Gasteiger charge is -2.41. The number of nitrogens with zero attached hydrogens (tertiary/aromatic N) is 1. The molecule has 1 aliphatic rings. The van der Waals surface area contributed by atoms with Crippen LogP contribution >= 0.6 is 11.6 Å². The highest BCUT2D eigenvalue weighted by atomic mass is 35.5. The third kappa shape index (κ3) is 3.65. The van der Waals surface area contributed by atoms with Crippen molar-refractivity contribution in [1.29, 1.82) is 0 Å². The molecule has 2 aromatic rings. The van der Waals surface area contributed by atoms with E-state index in [0.717, 1.165) is 16.8 Å². The number of carbonyl (C=O) groups is 2. The molecule has 1 aliphatic heterocycles. The Balaban J connectivity index is 1.96. The zero-order valence-electron chi connectivity index (χ0n) is 16.1. The lowest BCUT2D eigenvalue weighted by molar-refractivity contribution is -0.134. The number of anilines is 2. The number of nitrogens with one attached hydrogen (secondary N) is 1. The molecule has 1 N–H and O–H groups in total. The van der Waals surface area contributed by atoms with E-state index in [1.807, 2.05) is 32.0 Å². The number of benzene rings is 2. The van der Waals surface area contributed by atoms with Gasteiger partial charge >= 0.3 is 0 Å². The van der Waals surface area contributed by atoms with Crippen LogP contribution in [0.4, 0.5) is 11.4 Å². The van der Waals surface area contributed by atoms with E-state index >= 15 is 0 Å². The second-order valence-electron chi connectivity index (χ2n) is 7.38. The van der Waals surface area contributed by atoms with Crippen molar-refractivity contribution >= 4 is 34.8 Å². The summed E-state index contributed by atoms with van der Waals surface area (Å²) >= 11 is 6.12. The second-order valence-corrected chi connectivity index (χ2v) is 7.82. The minimum absolute atomic E-state index is 0.277.